The third-order valence-corrected chi connectivity index (χ3v) is 4.28. The van der Waals surface area contributed by atoms with E-state index >= 15 is 0 Å². The average Bonchev–Trinajstić information content (AvgIpc) is 2.54. The lowest BCUT2D eigenvalue weighted by Crippen LogP contribution is -2.32. The maximum atomic E-state index is 13.0. The molecule has 0 saturated heterocycles. The molecule has 116 valence electrons. The predicted octanol–water partition coefficient (Wildman–Crippen LogP) is 3.33. The molecule has 2 atom stereocenters. The third-order valence-electron chi connectivity index (χ3n) is 4.28. The summed E-state index contributed by atoms with van der Waals surface area (Å²) in [5.74, 6) is -0.677. The third kappa shape index (κ3) is 3.21. The number of nitriles is 1. The van der Waals surface area contributed by atoms with E-state index in [-0.39, 0.29) is 30.2 Å². The van der Waals surface area contributed by atoms with Crippen LogP contribution in [-0.2, 0) is 16.1 Å². The van der Waals surface area contributed by atoms with E-state index in [0.29, 0.717) is 11.1 Å². The van der Waals surface area contributed by atoms with E-state index in [2.05, 4.69) is 4.98 Å². The van der Waals surface area contributed by atoms with Gasteiger partial charge in [0.1, 0.15) is 18.5 Å². The lowest BCUT2D eigenvalue weighted by atomic mass is 9.70. The van der Waals surface area contributed by atoms with Crippen molar-refractivity contribution in [2.24, 2.45) is 5.92 Å². The SMILES string of the molecule is N#Cc1cnccc1COC(=O)C1CCC1c1ccc(F)cc1. The number of carbonyl (C=O) groups is 1. The molecule has 2 aromatic rings. The monoisotopic (exact) mass is 310 g/mol. The molecule has 1 aromatic carbocycles. The van der Waals surface area contributed by atoms with Crippen molar-refractivity contribution >= 4 is 5.97 Å². The van der Waals surface area contributed by atoms with Crippen LogP contribution in [0.15, 0.2) is 42.7 Å². The van der Waals surface area contributed by atoms with Crippen LogP contribution in [0.1, 0.15) is 35.4 Å². The van der Waals surface area contributed by atoms with Crippen LogP contribution in [0.2, 0.25) is 0 Å². The van der Waals surface area contributed by atoms with E-state index in [1.54, 1.807) is 24.4 Å². The van der Waals surface area contributed by atoms with Crippen LogP contribution in [-0.4, -0.2) is 11.0 Å². The molecular weight excluding hydrogens is 295 g/mol. The molecule has 0 spiro atoms. The van der Waals surface area contributed by atoms with E-state index in [4.69, 9.17) is 10.00 Å². The van der Waals surface area contributed by atoms with Crippen molar-refractivity contribution in [3.63, 3.8) is 0 Å². The maximum absolute atomic E-state index is 13.0. The van der Waals surface area contributed by atoms with Gasteiger partial charge in [-0.2, -0.15) is 5.26 Å². The molecular formula is C18H15FN2O2. The number of pyridine rings is 1. The van der Waals surface area contributed by atoms with Crippen LogP contribution in [0.25, 0.3) is 0 Å². The van der Waals surface area contributed by atoms with E-state index in [1.165, 1.54) is 18.3 Å². The highest BCUT2D eigenvalue weighted by atomic mass is 19.1. The summed E-state index contributed by atoms with van der Waals surface area (Å²) in [6.45, 7) is 0.0664. The molecule has 1 fully saturated rings. The Labute approximate surface area is 133 Å². The summed E-state index contributed by atoms with van der Waals surface area (Å²) in [6.07, 6.45) is 4.68. The topological polar surface area (TPSA) is 63.0 Å². The number of hydrogen-bond acceptors (Lipinski definition) is 4. The fourth-order valence-corrected chi connectivity index (χ4v) is 2.80. The highest BCUT2D eigenvalue weighted by Crippen LogP contribution is 2.43. The second kappa shape index (κ2) is 6.57. The molecule has 1 aliphatic carbocycles. The van der Waals surface area contributed by atoms with Crippen molar-refractivity contribution in [2.75, 3.05) is 0 Å². The van der Waals surface area contributed by atoms with Crippen LogP contribution >= 0.6 is 0 Å². The van der Waals surface area contributed by atoms with Crippen molar-refractivity contribution in [1.29, 1.82) is 5.26 Å². The number of ether oxygens (including phenoxy) is 1. The van der Waals surface area contributed by atoms with Crippen LogP contribution < -0.4 is 0 Å². The summed E-state index contributed by atoms with van der Waals surface area (Å²) in [5.41, 5.74) is 2.01. The zero-order valence-corrected chi connectivity index (χ0v) is 12.4. The lowest BCUT2D eigenvalue weighted by Gasteiger charge is -2.35. The van der Waals surface area contributed by atoms with Gasteiger partial charge in [-0.25, -0.2) is 4.39 Å². The van der Waals surface area contributed by atoms with Crippen molar-refractivity contribution in [3.05, 3.63) is 65.2 Å². The lowest BCUT2D eigenvalue weighted by molar-refractivity contribution is -0.154. The number of rotatable bonds is 4. The Bertz CT molecular complexity index is 752. The normalized spacial score (nSPS) is 19.5. The second-order valence-electron chi connectivity index (χ2n) is 5.59. The fraction of sp³-hybridized carbons (Fsp3) is 0.278. The molecule has 0 radical (unpaired) electrons. The van der Waals surface area contributed by atoms with Gasteiger partial charge in [0.2, 0.25) is 0 Å². The highest BCUT2D eigenvalue weighted by Gasteiger charge is 2.38. The van der Waals surface area contributed by atoms with Gasteiger partial charge in [-0.15, -0.1) is 0 Å². The van der Waals surface area contributed by atoms with Crippen molar-refractivity contribution in [3.8, 4) is 6.07 Å². The van der Waals surface area contributed by atoms with Crippen LogP contribution in [0, 0.1) is 23.1 Å². The molecule has 1 aromatic heterocycles. The van der Waals surface area contributed by atoms with Crippen LogP contribution in [0.3, 0.4) is 0 Å². The summed E-state index contributed by atoms with van der Waals surface area (Å²) in [6, 6.07) is 9.95. The van der Waals surface area contributed by atoms with E-state index < -0.39 is 0 Å². The molecule has 23 heavy (non-hydrogen) atoms. The molecule has 0 amide bonds. The average molecular weight is 310 g/mol. The van der Waals surface area contributed by atoms with Crippen LogP contribution in [0.4, 0.5) is 4.39 Å². The van der Waals surface area contributed by atoms with Crippen molar-refractivity contribution < 1.29 is 13.9 Å². The van der Waals surface area contributed by atoms with Gasteiger partial charge in [-0.3, -0.25) is 9.78 Å². The summed E-state index contributed by atoms with van der Waals surface area (Å²) in [7, 11) is 0. The van der Waals surface area contributed by atoms with Gasteiger partial charge in [0, 0.05) is 18.0 Å². The number of esters is 1. The number of aromatic nitrogens is 1. The minimum atomic E-state index is -0.283. The minimum Gasteiger partial charge on any atom is -0.461 e. The summed E-state index contributed by atoms with van der Waals surface area (Å²) in [5, 5.41) is 9.00. The molecule has 2 unspecified atom stereocenters. The molecule has 0 bridgehead atoms. The molecule has 1 saturated carbocycles. The quantitative estimate of drug-likeness (QED) is 0.813. The molecule has 3 rings (SSSR count). The molecule has 0 aliphatic heterocycles. The maximum Gasteiger partial charge on any atom is 0.309 e. The summed E-state index contributed by atoms with van der Waals surface area (Å²) in [4.78, 5) is 16.1. The first-order chi connectivity index (χ1) is 11.2. The highest BCUT2D eigenvalue weighted by molar-refractivity contribution is 5.75. The largest absolute Gasteiger partial charge is 0.461 e. The first-order valence-electron chi connectivity index (χ1n) is 7.44. The molecule has 0 N–H and O–H groups in total. The summed E-state index contributed by atoms with van der Waals surface area (Å²) < 4.78 is 18.3. The van der Waals surface area contributed by atoms with Gasteiger partial charge in [0.25, 0.3) is 0 Å². The number of carbonyl (C=O) groups excluding carboxylic acids is 1. The predicted molar refractivity (Wildman–Crippen MR) is 80.6 cm³/mol. The van der Waals surface area contributed by atoms with E-state index in [1.807, 2.05) is 6.07 Å². The van der Waals surface area contributed by atoms with E-state index in [9.17, 15) is 9.18 Å². The van der Waals surface area contributed by atoms with Crippen LogP contribution in [0.5, 0.6) is 0 Å². The van der Waals surface area contributed by atoms with Gasteiger partial charge in [0.15, 0.2) is 0 Å². The second-order valence-corrected chi connectivity index (χ2v) is 5.59. The Kier molecular flexibility index (Phi) is 4.33. The number of hydrogen-bond donors (Lipinski definition) is 0. The van der Waals surface area contributed by atoms with Gasteiger partial charge in [-0.1, -0.05) is 12.1 Å². The Hall–Kier alpha value is -2.74. The Morgan fingerprint density at radius 2 is 2.09 bits per heavy atom. The van der Waals surface area contributed by atoms with Gasteiger partial charge < -0.3 is 4.74 Å². The summed E-state index contributed by atoms with van der Waals surface area (Å²) >= 11 is 0. The first-order valence-corrected chi connectivity index (χ1v) is 7.44. The molecule has 4 nitrogen and oxygen atoms in total. The first kappa shape index (κ1) is 15.2. The van der Waals surface area contributed by atoms with Gasteiger partial charge >= 0.3 is 5.97 Å². The van der Waals surface area contributed by atoms with E-state index in [0.717, 1.165) is 18.4 Å². The zero-order chi connectivity index (χ0) is 16.2. The van der Waals surface area contributed by atoms with Crippen molar-refractivity contribution in [1.82, 2.24) is 4.98 Å². The standard InChI is InChI=1S/C18H15FN2O2/c19-15-3-1-12(2-4-15)16-5-6-17(16)18(22)23-11-13-7-8-21-10-14(13)9-20/h1-4,7-8,10,16-17H,5-6,11H2. The zero-order valence-electron chi connectivity index (χ0n) is 12.4. The smallest absolute Gasteiger partial charge is 0.309 e. The molecule has 1 aliphatic rings. The molecule has 1 heterocycles. The minimum absolute atomic E-state index is 0.0664. The Morgan fingerprint density at radius 1 is 1.30 bits per heavy atom. The Morgan fingerprint density at radius 3 is 2.74 bits per heavy atom. The number of halogens is 1. The van der Waals surface area contributed by atoms with Crippen molar-refractivity contribution in [2.45, 2.75) is 25.4 Å². The Balaban J connectivity index is 1.62. The molecule has 5 heteroatoms. The van der Waals surface area contributed by atoms with Gasteiger partial charge in [-0.05, 0) is 42.5 Å². The number of benzene rings is 1. The van der Waals surface area contributed by atoms with Gasteiger partial charge in [0.05, 0.1) is 11.5 Å². The number of nitrogens with zero attached hydrogens (tertiary/aromatic N) is 2. The fourth-order valence-electron chi connectivity index (χ4n) is 2.80.